The van der Waals surface area contributed by atoms with Gasteiger partial charge in [0.2, 0.25) is 11.7 Å². The number of amides is 1. The Hall–Kier alpha value is -3.88. The molecule has 0 atom stereocenters. The van der Waals surface area contributed by atoms with E-state index in [9.17, 15) is 4.79 Å². The van der Waals surface area contributed by atoms with Crippen LogP contribution in [0, 0.1) is 0 Å². The van der Waals surface area contributed by atoms with Crippen molar-refractivity contribution in [2.75, 3.05) is 26.6 Å². The van der Waals surface area contributed by atoms with Gasteiger partial charge in [0.05, 0.1) is 26.9 Å². The van der Waals surface area contributed by atoms with E-state index in [1.165, 1.54) is 33.7 Å². The molecule has 1 aromatic carbocycles. The standard InChI is InChI=1S/C20H21N5O4/c1-27-16-7-15(8-17(28-2)18(16)29-3)25-20-23-11-14(12-24-20)19(26)22-10-13-5-4-6-21-9-13/h4-9,11-12H,10H2,1-3H3,(H,22,26)(H,23,24,25). The topological polar surface area (TPSA) is 107 Å². The molecule has 0 saturated heterocycles. The number of nitrogens with one attached hydrogen (secondary N) is 2. The zero-order valence-electron chi connectivity index (χ0n) is 16.3. The number of nitrogens with zero attached hydrogens (tertiary/aromatic N) is 3. The monoisotopic (exact) mass is 395 g/mol. The van der Waals surface area contributed by atoms with Crippen molar-refractivity contribution >= 4 is 17.5 Å². The lowest BCUT2D eigenvalue weighted by molar-refractivity contribution is 0.0950. The highest BCUT2D eigenvalue weighted by atomic mass is 16.5. The molecule has 0 radical (unpaired) electrons. The minimum Gasteiger partial charge on any atom is -0.493 e. The van der Waals surface area contributed by atoms with Crippen LogP contribution in [0.25, 0.3) is 0 Å². The lowest BCUT2D eigenvalue weighted by Gasteiger charge is -2.14. The highest BCUT2D eigenvalue weighted by molar-refractivity contribution is 5.93. The smallest absolute Gasteiger partial charge is 0.254 e. The van der Waals surface area contributed by atoms with Crippen molar-refractivity contribution < 1.29 is 19.0 Å². The van der Waals surface area contributed by atoms with Gasteiger partial charge in [-0.3, -0.25) is 9.78 Å². The first-order valence-electron chi connectivity index (χ1n) is 8.70. The van der Waals surface area contributed by atoms with E-state index in [4.69, 9.17) is 14.2 Å². The molecule has 0 bridgehead atoms. The van der Waals surface area contributed by atoms with Gasteiger partial charge in [0.25, 0.3) is 5.91 Å². The third-order valence-corrected chi connectivity index (χ3v) is 4.01. The van der Waals surface area contributed by atoms with E-state index in [1.54, 1.807) is 24.5 Å². The van der Waals surface area contributed by atoms with Crippen LogP contribution < -0.4 is 24.8 Å². The van der Waals surface area contributed by atoms with Crippen LogP contribution in [0.1, 0.15) is 15.9 Å². The van der Waals surface area contributed by atoms with E-state index >= 15 is 0 Å². The van der Waals surface area contributed by atoms with E-state index in [-0.39, 0.29) is 5.91 Å². The largest absolute Gasteiger partial charge is 0.493 e. The van der Waals surface area contributed by atoms with Crippen LogP contribution in [0.2, 0.25) is 0 Å². The number of methoxy groups -OCH3 is 3. The Kier molecular flexibility index (Phi) is 6.41. The van der Waals surface area contributed by atoms with E-state index in [1.807, 2.05) is 12.1 Å². The number of anilines is 2. The Bertz CT molecular complexity index is 939. The van der Waals surface area contributed by atoms with Crippen LogP contribution in [0.3, 0.4) is 0 Å². The number of carbonyl (C=O) groups excluding carboxylic acids is 1. The Labute approximate surface area is 168 Å². The molecule has 0 saturated carbocycles. The molecule has 29 heavy (non-hydrogen) atoms. The second kappa shape index (κ2) is 9.36. The maximum absolute atomic E-state index is 12.2. The van der Waals surface area contributed by atoms with Gasteiger partial charge >= 0.3 is 0 Å². The van der Waals surface area contributed by atoms with Crippen molar-refractivity contribution in [3.63, 3.8) is 0 Å². The van der Waals surface area contributed by atoms with Gasteiger partial charge in [-0.1, -0.05) is 6.07 Å². The zero-order chi connectivity index (χ0) is 20.6. The van der Waals surface area contributed by atoms with Crippen molar-refractivity contribution in [2.24, 2.45) is 0 Å². The normalized spacial score (nSPS) is 10.2. The molecule has 2 aromatic heterocycles. The summed E-state index contributed by atoms with van der Waals surface area (Å²) in [6, 6.07) is 7.17. The molecule has 0 aliphatic carbocycles. The van der Waals surface area contributed by atoms with E-state index in [0.29, 0.717) is 41.0 Å². The van der Waals surface area contributed by atoms with Gasteiger partial charge < -0.3 is 24.8 Å². The molecular weight excluding hydrogens is 374 g/mol. The Morgan fingerprint density at radius 2 is 1.69 bits per heavy atom. The van der Waals surface area contributed by atoms with Crippen LogP contribution in [0.5, 0.6) is 17.2 Å². The van der Waals surface area contributed by atoms with Crippen LogP contribution in [0.15, 0.2) is 49.1 Å². The number of hydrogen-bond donors (Lipinski definition) is 2. The van der Waals surface area contributed by atoms with Gasteiger partial charge in [0.1, 0.15) is 0 Å². The molecule has 150 valence electrons. The fourth-order valence-electron chi connectivity index (χ4n) is 2.58. The first-order valence-corrected chi connectivity index (χ1v) is 8.70. The third-order valence-electron chi connectivity index (χ3n) is 4.01. The summed E-state index contributed by atoms with van der Waals surface area (Å²) in [6.45, 7) is 0.373. The Balaban J connectivity index is 1.68. The quantitative estimate of drug-likeness (QED) is 0.599. The minimum absolute atomic E-state index is 0.270. The summed E-state index contributed by atoms with van der Waals surface area (Å²) < 4.78 is 16.0. The van der Waals surface area contributed by atoms with Crippen LogP contribution >= 0.6 is 0 Å². The molecule has 3 aromatic rings. The van der Waals surface area contributed by atoms with Gasteiger partial charge in [-0.25, -0.2) is 9.97 Å². The van der Waals surface area contributed by atoms with Gasteiger partial charge in [-0.15, -0.1) is 0 Å². The molecule has 0 fully saturated rings. The van der Waals surface area contributed by atoms with Crippen molar-refractivity contribution in [1.29, 1.82) is 0 Å². The summed E-state index contributed by atoms with van der Waals surface area (Å²) >= 11 is 0. The summed E-state index contributed by atoms with van der Waals surface area (Å²) in [5.41, 5.74) is 1.90. The molecule has 9 heteroatoms. The number of benzene rings is 1. The molecule has 0 unspecified atom stereocenters. The van der Waals surface area contributed by atoms with Crippen molar-refractivity contribution in [2.45, 2.75) is 6.54 Å². The highest BCUT2D eigenvalue weighted by Crippen LogP contribution is 2.40. The van der Waals surface area contributed by atoms with E-state index < -0.39 is 0 Å². The first-order chi connectivity index (χ1) is 14.1. The minimum atomic E-state index is -0.270. The number of hydrogen-bond acceptors (Lipinski definition) is 8. The molecule has 0 aliphatic heterocycles. The maximum Gasteiger partial charge on any atom is 0.254 e. The van der Waals surface area contributed by atoms with Gasteiger partial charge in [-0.2, -0.15) is 0 Å². The second-order valence-electron chi connectivity index (χ2n) is 5.88. The first kappa shape index (κ1) is 19.9. The van der Waals surface area contributed by atoms with Crippen LogP contribution in [0.4, 0.5) is 11.6 Å². The lowest BCUT2D eigenvalue weighted by Crippen LogP contribution is -2.23. The molecule has 9 nitrogen and oxygen atoms in total. The maximum atomic E-state index is 12.2. The predicted molar refractivity (Wildman–Crippen MR) is 107 cm³/mol. The zero-order valence-corrected chi connectivity index (χ0v) is 16.3. The highest BCUT2D eigenvalue weighted by Gasteiger charge is 2.14. The number of rotatable bonds is 8. The van der Waals surface area contributed by atoms with E-state index in [0.717, 1.165) is 5.56 Å². The number of pyridine rings is 1. The molecule has 2 N–H and O–H groups in total. The van der Waals surface area contributed by atoms with Crippen LogP contribution in [-0.2, 0) is 6.54 Å². The molecule has 1 amide bonds. The summed E-state index contributed by atoms with van der Waals surface area (Å²) in [4.78, 5) is 24.6. The lowest BCUT2D eigenvalue weighted by atomic mass is 10.2. The van der Waals surface area contributed by atoms with E-state index in [2.05, 4.69) is 25.6 Å². The summed E-state index contributed by atoms with van der Waals surface area (Å²) in [5.74, 6) is 1.54. The van der Waals surface area contributed by atoms with Gasteiger partial charge in [-0.05, 0) is 11.6 Å². The Morgan fingerprint density at radius 1 is 1.00 bits per heavy atom. The average Bonchev–Trinajstić information content (AvgIpc) is 2.77. The fraction of sp³-hybridized carbons (Fsp3) is 0.200. The predicted octanol–water partition coefficient (Wildman–Crippen LogP) is 2.57. The van der Waals surface area contributed by atoms with Gasteiger partial charge in [0, 0.05) is 49.2 Å². The van der Waals surface area contributed by atoms with Crippen molar-refractivity contribution in [3.8, 4) is 17.2 Å². The third kappa shape index (κ3) is 4.89. The average molecular weight is 395 g/mol. The summed E-state index contributed by atoms with van der Waals surface area (Å²) in [6.07, 6.45) is 6.28. The Morgan fingerprint density at radius 3 is 2.24 bits per heavy atom. The van der Waals surface area contributed by atoms with Crippen LogP contribution in [-0.4, -0.2) is 42.2 Å². The summed E-state index contributed by atoms with van der Waals surface area (Å²) in [7, 11) is 4.61. The number of ether oxygens (including phenoxy) is 3. The number of aromatic nitrogens is 3. The molecule has 3 rings (SSSR count). The van der Waals surface area contributed by atoms with Gasteiger partial charge in [0.15, 0.2) is 11.5 Å². The van der Waals surface area contributed by atoms with Crippen molar-refractivity contribution in [3.05, 3.63) is 60.2 Å². The number of carbonyl (C=O) groups is 1. The molecule has 0 spiro atoms. The fourth-order valence-corrected chi connectivity index (χ4v) is 2.58. The molecule has 2 heterocycles. The van der Waals surface area contributed by atoms with Crippen molar-refractivity contribution in [1.82, 2.24) is 20.3 Å². The summed E-state index contributed by atoms with van der Waals surface area (Å²) in [5, 5.41) is 5.85. The second-order valence-corrected chi connectivity index (χ2v) is 5.88. The molecular formula is C20H21N5O4. The molecule has 0 aliphatic rings. The SMILES string of the molecule is COc1cc(Nc2ncc(C(=O)NCc3cccnc3)cn2)cc(OC)c1OC.